The Morgan fingerprint density at radius 2 is 1.97 bits per heavy atom. The monoisotopic (exact) mass is 513 g/mol. The molecule has 1 saturated carbocycles. The number of aromatic nitrogens is 4. The van der Waals surface area contributed by atoms with Crippen LogP contribution in [0.1, 0.15) is 81.7 Å². The third-order valence-corrected chi connectivity index (χ3v) is 8.64. The molecule has 3 heterocycles. The van der Waals surface area contributed by atoms with Crippen LogP contribution in [0.5, 0.6) is 0 Å². The zero-order valence-corrected chi connectivity index (χ0v) is 23.4. The molecule has 2 N–H and O–H groups in total. The first-order valence-corrected chi connectivity index (χ1v) is 14.3. The lowest BCUT2D eigenvalue weighted by Crippen LogP contribution is -2.31. The van der Waals surface area contributed by atoms with E-state index in [1.54, 1.807) is 0 Å². The van der Waals surface area contributed by atoms with Gasteiger partial charge in [-0.2, -0.15) is 5.10 Å². The van der Waals surface area contributed by atoms with Crippen molar-refractivity contribution in [2.45, 2.75) is 76.7 Å². The fraction of sp³-hybridized carbons (Fsp3) is 0.516. The highest BCUT2D eigenvalue weighted by atomic mass is 15.3. The van der Waals surface area contributed by atoms with Gasteiger partial charge in [-0.05, 0) is 93.2 Å². The second kappa shape index (κ2) is 11.3. The van der Waals surface area contributed by atoms with Crippen molar-refractivity contribution in [2.24, 2.45) is 0 Å². The SMILES string of the molecule is C=CN(CCCC)c1cc(-c2cnc(N)c(Cc3cnn(C4CCN(C)CC4)c3)n2)cc(C2(C)CCC2)c1. The summed E-state index contributed by atoms with van der Waals surface area (Å²) in [5.74, 6) is 0.485. The van der Waals surface area contributed by atoms with Crippen molar-refractivity contribution < 1.29 is 0 Å². The number of benzene rings is 1. The molecule has 1 aromatic carbocycles. The highest BCUT2D eigenvalue weighted by Crippen LogP contribution is 2.45. The molecule has 0 bridgehead atoms. The van der Waals surface area contributed by atoms with E-state index in [1.807, 2.05) is 18.6 Å². The molecule has 2 fully saturated rings. The van der Waals surface area contributed by atoms with Gasteiger partial charge in [0.1, 0.15) is 5.82 Å². The van der Waals surface area contributed by atoms with Gasteiger partial charge in [-0.3, -0.25) is 4.68 Å². The molecule has 0 spiro atoms. The summed E-state index contributed by atoms with van der Waals surface area (Å²) in [6.07, 6.45) is 16.8. The lowest BCUT2D eigenvalue weighted by Gasteiger charge is -2.40. The fourth-order valence-electron chi connectivity index (χ4n) is 5.75. The van der Waals surface area contributed by atoms with Gasteiger partial charge >= 0.3 is 0 Å². The van der Waals surface area contributed by atoms with Crippen molar-refractivity contribution in [3.8, 4) is 11.3 Å². The van der Waals surface area contributed by atoms with Crippen LogP contribution in [-0.4, -0.2) is 51.3 Å². The van der Waals surface area contributed by atoms with Crippen LogP contribution in [0.25, 0.3) is 11.3 Å². The summed E-state index contributed by atoms with van der Waals surface area (Å²) in [7, 11) is 2.18. The quantitative estimate of drug-likeness (QED) is 0.360. The van der Waals surface area contributed by atoms with E-state index in [1.165, 1.54) is 30.5 Å². The summed E-state index contributed by atoms with van der Waals surface area (Å²) >= 11 is 0. The summed E-state index contributed by atoms with van der Waals surface area (Å²) < 4.78 is 2.13. The van der Waals surface area contributed by atoms with E-state index in [4.69, 9.17) is 10.7 Å². The third-order valence-electron chi connectivity index (χ3n) is 8.64. The van der Waals surface area contributed by atoms with Gasteiger partial charge < -0.3 is 15.5 Å². The van der Waals surface area contributed by atoms with Crippen LogP contribution in [0.15, 0.2) is 49.6 Å². The maximum absolute atomic E-state index is 6.34. The maximum Gasteiger partial charge on any atom is 0.145 e. The Morgan fingerprint density at radius 1 is 1.18 bits per heavy atom. The molecule has 2 aliphatic rings. The minimum absolute atomic E-state index is 0.217. The number of piperidine rings is 1. The molecule has 5 rings (SSSR count). The summed E-state index contributed by atoms with van der Waals surface area (Å²) in [6.45, 7) is 11.9. The highest BCUT2D eigenvalue weighted by molar-refractivity contribution is 5.69. The number of hydrogen-bond acceptors (Lipinski definition) is 6. The molecule has 0 unspecified atom stereocenters. The van der Waals surface area contributed by atoms with Crippen molar-refractivity contribution >= 4 is 11.5 Å². The molecule has 1 saturated heterocycles. The molecule has 2 aromatic heterocycles. The number of likely N-dealkylation sites (tertiary alicyclic amines) is 1. The van der Waals surface area contributed by atoms with E-state index in [2.05, 4.69) is 76.4 Å². The van der Waals surface area contributed by atoms with E-state index in [-0.39, 0.29) is 5.41 Å². The van der Waals surface area contributed by atoms with Gasteiger partial charge in [0, 0.05) is 30.4 Å². The van der Waals surface area contributed by atoms with Gasteiger partial charge in [0.05, 0.1) is 29.8 Å². The van der Waals surface area contributed by atoms with Gasteiger partial charge in [0.25, 0.3) is 0 Å². The van der Waals surface area contributed by atoms with Crippen LogP contribution in [0.4, 0.5) is 11.5 Å². The van der Waals surface area contributed by atoms with E-state index in [0.717, 1.165) is 67.8 Å². The van der Waals surface area contributed by atoms with E-state index >= 15 is 0 Å². The van der Waals surface area contributed by atoms with E-state index in [0.29, 0.717) is 18.3 Å². The van der Waals surface area contributed by atoms with Gasteiger partial charge in [-0.25, -0.2) is 9.97 Å². The Bertz CT molecular complexity index is 1250. The molecule has 0 radical (unpaired) electrons. The molecule has 1 aliphatic heterocycles. The Kier molecular flexibility index (Phi) is 7.84. The number of nitrogen functional groups attached to an aromatic ring is 1. The van der Waals surface area contributed by atoms with E-state index < -0.39 is 0 Å². The first-order valence-electron chi connectivity index (χ1n) is 14.3. The topological polar surface area (TPSA) is 76.1 Å². The highest BCUT2D eigenvalue weighted by Gasteiger charge is 2.34. The zero-order valence-electron chi connectivity index (χ0n) is 23.4. The van der Waals surface area contributed by atoms with Crippen molar-refractivity contribution in [2.75, 3.05) is 37.3 Å². The predicted molar refractivity (Wildman–Crippen MR) is 156 cm³/mol. The first-order chi connectivity index (χ1) is 18.4. The van der Waals surface area contributed by atoms with Crippen molar-refractivity contribution in [1.29, 1.82) is 0 Å². The normalized spacial score (nSPS) is 17.8. The summed E-state index contributed by atoms with van der Waals surface area (Å²) in [6, 6.07) is 7.35. The number of nitrogens with two attached hydrogens (primary N) is 1. The molecule has 0 atom stereocenters. The average Bonchev–Trinajstić information content (AvgIpc) is 3.37. The molecule has 202 valence electrons. The molecule has 0 amide bonds. The maximum atomic E-state index is 6.34. The molecular formula is C31H43N7. The fourth-order valence-corrected chi connectivity index (χ4v) is 5.75. The van der Waals surface area contributed by atoms with Crippen LogP contribution < -0.4 is 10.6 Å². The standard InChI is InChI=1S/C31H43N7/c1-5-7-13-37(6-2)27-18-24(17-25(19-27)31(3)11-8-12-31)29-21-33-30(32)28(35-29)16-23-20-34-38(22-23)26-9-14-36(4)15-10-26/h6,17-22,26H,2,5,7-16H2,1,3-4H3,(H2,32,33). The van der Waals surface area contributed by atoms with Gasteiger partial charge in [0.2, 0.25) is 0 Å². The number of anilines is 2. The van der Waals surface area contributed by atoms with Gasteiger partial charge in [0.15, 0.2) is 0 Å². The molecule has 38 heavy (non-hydrogen) atoms. The Balaban J connectivity index is 1.43. The van der Waals surface area contributed by atoms with E-state index in [9.17, 15) is 0 Å². The molecule has 1 aliphatic carbocycles. The number of hydrogen-bond donors (Lipinski definition) is 1. The Hall–Kier alpha value is -3.19. The average molecular weight is 514 g/mol. The smallest absolute Gasteiger partial charge is 0.145 e. The summed E-state index contributed by atoms with van der Waals surface area (Å²) in [5.41, 5.74) is 13.0. The first kappa shape index (κ1) is 26.4. The molecule has 3 aromatic rings. The predicted octanol–water partition coefficient (Wildman–Crippen LogP) is 5.97. The van der Waals surface area contributed by atoms with Crippen LogP contribution in [0.2, 0.25) is 0 Å². The Morgan fingerprint density at radius 3 is 2.66 bits per heavy atom. The molecular weight excluding hydrogens is 470 g/mol. The number of rotatable bonds is 10. The largest absolute Gasteiger partial charge is 0.382 e. The van der Waals surface area contributed by atoms with Crippen LogP contribution >= 0.6 is 0 Å². The second-order valence-electron chi connectivity index (χ2n) is 11.5. The minimum atomic E-state index is 0.217. The Labute approximate surface area is 227 Å². The lowest BCUT2D eigenvalue weighted by molar-refractivity contribution is 0.212. The second-order valence-corrected chi connectivity index (χ2v) is 11.5. The van der Waals surface area contributed by atoms with Gasteiger partial charge in [-0.15, -0.1) is 0 Å². The van der Waals surface area contributed by atoms with Crippen molar-refractivity contribution in [1.82, 2.24) is 24.6 Å². The van der Waals surface area contributed by atoms with Crippen molar-refractivity contribution in [3.05, 3.63) is 66.4 Å². The third kappa shape index (κ3) is 5.63. The zero-order chi connectivity index (χ0) is 26.7. The van der Waals surface area contributed by atoms with Crippen molar-refractivity contribution in [3.63, 3.8) is 0 Å². The van der Waals surface area contributed by atoms with Crippen LogP contribution in [0, 0.1) is 0 Å². The lowest BCUT2D eigenvalue weighted by atomic mass is 9.65. The summed E-state index contributed by atoms with van der Waals surface area (Å²) in [5, 5.41) is 4.68. The van der Waals surface area contributed by atoms with Gasteiger partial charge in [-0.1, -0.05) is 33.3 Å². The molecule has 7 nitrogen and oxygen atoms in total. The van der Waals surface area contributed by atoms with Crippen LogP contribution in [-0.2, 0) is 11.8 Å². The minimum Gasteiger partial charge on any atom is -0.382 e. The molecule has 7 heteroatoms. The number of nitrogens with zero attached hydrogens (tertiary/aromatic N) is 6. The number of unbranched alkanes of at least 4 members (excludes halogenated alkanes) is 1. The van der Waals surface area contributed by atoms with Crippen LogP contribution in [0.3, 0.4) is 0 Å². The summed E-state index contributed by atoms with van der Waals surface area (Å²) in [4.78, 5) is 14.3.